The van der Waals surface area contributed by atoms with Crippen molar-refractivity contribution in [3.63, 3.8) is 0 Å². The monoisotopic (exact) mass is 237 g/mol. The molecule has 0 aliphatic carbocycles. The number of aryl methyl sites for hydroxylation is 1. The molecule has 1 saturated heterocycles. The largest absolute Gasteiger partial charge is 0.368 e. The number of morpholine rings is 1. The van der Waals surface area contributed by atoms with Crippen molar-refractivity contribution in [2.45, 2.75) is 26.0 Å². The first-order valence-electron chi connectivity index (χ1n) is 6.03. The van der Waals surface area contributed by atoms with E-state index in [1.165, 1.54) is 0 Å². The number of rotatable bonds is 4. The molecule has 1 aliphatic rings. The first-order chi connectivity index (χ1) is 8.20. The number of Topliss-reactive ketones (excluding diaryl/α,β-unsaturated/α-hetero) is 1. The summed E-state index contributed by atoms with van der Waals surface area (Å²) in [7, 11) is 2.01. The molecule has 0 amide bonds. The topological polar surface area (TPSA) is 47.4 Å². The Labute approximate surface area is 101 Å². The van der Waals surface area contributed by atoms with Crippen molar-refractivity contribution < 1.29 is 9.53 Å². The van der Waals surface area contributed by atoms with Crippen molar-refractivity contribution in [3.8, 4) is 0 Å². The molecule has 1 aliphatic heterocycles. The van der Waals surface area contributed by atoms with Crippen LogP contribution in [-0.4, -0.2) is 53.1 Å². The van der Waals surface area contributed by atoms with Crippen LogP contribution in [0.5, 0.6) is 0 Å². The highest BCUT2D eigenvalue weighted by atomic mass is 16.5. The summed E-state index contributed by atoms with van der Waals surface area (Å²) in [4.78, 5) is 18.4. The fourth-order valence-electron chi connectivity index (χ4n) is 2.04. The summed E-state index contributed by atoms with van der Waals surface area (Å²) in [6.45, 7) is 5.10. The Morgan fingerprint density at radius 2 is 2.47 bits per heavy atom. The maximum Gasteiger partial charge on any atom is 0.170 e. The van der Waals surface area contributed by atoms with Crippen molar-refractivity contribution in [1.82, 2.24) is 14.5 Å². The first-order valence-corrected chi connectivity index (χ1v) is 6.03. The van der Waals surface area contributed by atoms with E-state index >= 15 is 0 Å². The van der Waals surface area contributed by atoms with Crippen molar-refractivity contribution in [2.75, 3.05) is 26.7 Å². The van der Waals surface area contributed by atoms with Crippen LogP contribution in [0.1, 0.15) is 12.7 Å². The van der Waals surface area contributed by atoms with Gasteiger partial charge in [-0.15, -0.1) is 0 Å². The van der Waals surface area contributed by atoms with Crippen LogP contribution in [-0.2, 0) is 22.5 Å². The molecule has 1 aromatic heterocycles. The molecule has 5 heteroatoms. The summed E-state index contributed by atoms with van der Waals surface area (Å²) in [5.41, 5.74) is 0. The number of imidazole rings is 1. The van der Waals surface area contributed by atoms with Gasteiger partial charge >= 0.3 is 0 Å². The Balaban J connectivity index is 1.96. The van der Waals surface area contributed by atoms with E-state index in [0.29, 0.717) is 19.6 Å². The van der Waals surface area contributed by atoms with Gasteiger partial charge < -0.3 is 14.2 Å². The number of carbonyl (C=O) groups excluding carboxylic acids is 1. The summed E-state index contributed by atoms with van der Waals surface area (Å²) < 4.78 is 7.49. The second-order valence-corrected chi connectivity index (χ2v) is 4.39. The van der Waals surface area contributed by atoms with Gasteiger partial charge in [-0.1, -0.05) is 0 Å². The third kappa shape index (κ3) is 2.92. The van der Waals surface area contributed by atoms with E-state index in [0.717, 1.165) is 18.9 Å². The zero-order valence-corrected chi connectivity index (χ0v) is 10.4. The summed E-state index contributed by atoms with van der Waals surface area (Å²) in [6, 6.07) is 0. The molecular formula is C12H19N3O2. The average Bonchev–Trinajstić information content (AvgIpc) is 2.76. The minimum atomic E-state index is -0.296. The highest BCUT2D eigenvalue weighted by Crippen LogP contribution is 2.08. The SMILES string of the molecule is CCn1ccnc1CC(=O)C1CN(C)CCO1. The van der Waals surface area contributed by atoms with Gasteiger partial charge in [-0.25, -0.2) is 4.98 Å². The molecule has 0 aromatic carbocycles. The Bertz CT molecular complexity index is 389. The van der Waals surface area contributed by atoms with E-state index in [4.69, 9.17) is 4.74 Å². The molecule has 1 fully saturated rings. The van der Waals surface area contributed by atoms with E-state index in [1.54, 1.807) is 6.20 Å². The van der Waals surface area contributed by atoms with Gasteiger partial charge in [0.15, 0.2) is 5.78 Å². The maximum absolute atomic E-state index is 12.1. The number of likely N-dealkylation sites (N-methyl/N-ethyl adjacent to an activating group) is 1. The number of ketones is 1. The van der Waals surface area contributed by atoms with E-state index in [9.17, 15) is 4.79 Å². The standard InChI is InChI=1S/C12H19N3O2/c1-3-15-5-4-13-12(15)8-10(16)11-9-14(2)6-7-17-11/h4-5,11H,3,6-9H2,1-2H3. The Kier molecular flexibility index (Phi) is 3.91. The van der Waals surface area contributed by atoms with Crippen molar-refractivity contribution in [1.29, 1.82) is 0 Å². The van der Waals surface area contributed by atoms with Crippen LogP contribution >= 0.6 is 0 Å². The molecule has 2 heterocycles. The van der Waals surface area contributed by atoms with Gasteiger partial charge in [-0.05, 0) is 14.0 Å². The quantitative estimate of drug-likeness (QED) is 0.758. The van der Waals surface area contributed by atoms with Gasteiger partial charge in [0.25, 0.3) is 0 Å². The van der Waals surface area contributed by atoms with E-state index in [-0.39, 0.29) is 11.9 Å². The number of nitrogens with zero attached hydrogens (tertiary/aromatic N) is 3. The molecule has 5 nitrogen and oxygen atoms in total. The smallest absolute Gasteiger partial charge is 0.170 e. The lowest BCUT2D eigenvalue weighted by Gasteiger charge is -2.29. The Hall–Kier alpha value is -1.20. The van der Waals surface area contributed by atoms with Crippen LogP contribution in [0.4, 0.5) is 0 Å². The highest BCUT2D eigenvalue weighted by Gasteiger charge is 2.25. The van der Waals surface area contributed by atoms with Crippen molar-refractivity contribution in [3.05, 3.63) is 18.2 Å². The van der Waals surface area contributed by atoms with E-state index in [2.05, 4.69) is 9.88 Å². The van der Waals surface area contributed by atoms with Crippen LogP contribution in [0.2, 0.25) is 0 Å². The molecule has 2 rings (SSSR count). The second kappa shape index (κ2) is 5.42. The van der Waals surface area contributed by atoms with Gasteiger partial charge in [-0.2, -0.15) is 0 Å². The molecule has 0 saturated carbocycles. The lowest BCUT2D eigenvalue weighted by molar-refractivity contribution is -0.135. The number of aromatic nitrogens is 2. The van der Waals surface area contributed by atoms with Gasteiger partial charge in [0.2, 0.25) is 0 Å². The molecule has 17 heavy (non-hydrogen) atoms. The second-order valence-electron chi connectivity index (χ2n) is 4.39. The lowest BCUT2D eigenvalue weighted by Crippen LogP contribution is -2.44. The molecule has 1 aromatic rings. The molecular weight excluding hydrogens is 218 g/mol. The summed E-state index contributed by atoms with van der Waals surface area (Å²) in [5.74, 6) is 0.951. The maximum atomic E-state index is 12.1. The molecule has 1 atom stereocenters. The fourth-order valence-corrected chi connectivity index (χ4v) is 2.04. The summed E-state index contributed by atoms with van der Waals surface area (Å²) >= 11 is 0. The number of carbonyl (C=O) groups is 1. The molecule has 0 spiro atoms. The predicted molar refractivity (Wildman–Crippen MR) is 63.8 cm³/mol. The predicted octanol–water partition coefficient (Wildman–Crippen LogP) is 0.345. The fraction of sp³-hybridized carbons (Fsp3) is 0.667. The van der Waals surface area contributed by atoms with Gasteiger partial charge in [0.05, 0.1) is 13.0 Å². The molecule has 0 bridgehead atoms. The average molecular weight is 237 g/mol. The summed E-state index contributed by atoms with van der Waals surface area (Å²) in [6.07, 6.45) is 3.70. The lowest BCUT2D eigenvalue weighted by atomic mass is 10.1. The molecule has 94 valence electrons. The molecule has 1 unspecified atom stereocenters. The van der Waals surface area contributed by atoms with Crippen molar-refractivity contribution in [2.24, 2.45) is 0 Å². The minimum Gasteiger partial charge on any atom is -0.368 e. The van der Waals surface area contributed by atoms with E-state index < -0.39 is 0 Å². The third-order valence-electron chi connectivity index (χ3n) is 3.10. The highest BCUT2D eigenvalue weighted by molar-refractivity contribution is 5.85. The normalized spacial score (nSPS) is 21.6. The molecule has 0 N–H and O–H groups in total. The number of ether oxygens (including phenoxy) is 1. The van der Waals surface area contributed by atoms with Crippen LogP contribution in [0.3, 0.4) is 0 Å². The summed E-state index contributed by atoms with van der Waals surface area (Å²) in [5, 5.41) is 0. The van der Waals surface area contributed by atoms with Crippen LogP contribution in [0.15, 0.2) is 12.4 Å². The van der Waals surface area contributed by atoms with Crippen LogP contribution in [0, 0.1) is 0 Å². The van der Waals surface area contributed by atoms with Crippen molar-refractivity contribution >= 4 is 5.78 Å². The zero-order chi connectivity index (χ0) is 12.3. The van der Waals surface area contributed by atoms with Crippen LogP contribution < -0.4 is 0 Å². The minimum absolute atomic E-state index is 0.123. The van der Waals surface area contributed by atoms with Gasteiger partial charge in [0, 0.05) is 32.0 Å². The van der Waals surface area contributed by atoms with Gasteiger partial charge in [0.1, 0.15) is 11.9 Å². The third-order valence-corrected chi connectivity index (χ3v) is 3.10. The zero-order valence-electron chi connectivity index (χ0n) is 10.4. The number of hydrogen-bond donors (Lipinski definition) is 0. The van der Waals surface area contributed by atoms with Crippen LogP contribution in [0.25, 0.3) is 0 Å². The Morgan fingerprint density at radius 1 is 1.65 bits per heavy atom. The first kappa shape index (κ1) is 12.3. The Morgan fingerprint density at radius 3 is 3.18 bits per heavy atom. The molecule has 0 radical (unpaired) electrons. The van der Waals surface area contributed by atoms with E-state index in [1.807, 2.05) is 24.7 Å². The van der Waals surface area contributed by atoms with Gasteiger partial charge in [-0.3, -0.25) is 4.79 Å². The number of hydrogen-bond acceptors (Lipinski definition) is 4.